The number of benzene rings is 4. The van der Waals surface area contributed by atoms with Crippen LogP contribution in [0.15, 0.2) is 121 Å². The van der Waals surface area contributed by atoms with Gasteiger partial charge in [0.15, 0.2) is 0 Å². The van der Waals surface area contributed by atoms with Crippen molar-refractivity contribution in [1.29, 1.82) is 0 Å². The fourth-order valence-corrected chi connectivity index (χ4v) is 6.58. The third-order valence-corrected chi connectivity index (χ3v) is 9.06. The molecule has 0 radical (unpaired) electrons. The van der Waals surface area contributed by atoms with Gasteiger partial charge in [-0.25, -0.2) is 0 Å². The molecule has 2 atom stereocenters. The van der Waals surface area contributed by atoms with Crippen LogP contribution in [-0.4, -0.2) is 28.5 Å². The molecular weight excluding hydrogens is 508 g/mol. The van der Waals surface area contributed by atoms with Crippen LogP contribution < -0.4 is 0 Å². The molecule has 1 N–H and O–H groups in total. The van der Waals surface area contributed by atoms with E-state index in [0.717, 1.165) is 29.1 Å². The van der Waals surface area contributed by atoms with Crippen molar-refractivity contribution in [2.24, 2.45) is 0 Å². The lowest BCUT2D eigenvalue weighted by atomic mass is 10.1. The standard InChI is InChI=1S/C33H36O3S2/c34-31(24-35-22-27-13-5-1-6-14-27)32(36-23-28-15-7-2-8-16-28)21-33(37-25-29-17-9-3-10-18-29)38-26-30-19-11-4-12-20-30/h1-20,31-34H,21-26H2/t31-,32+/m0/s1. The van der Waals surface area contributed by atoms with Gasteiger partial charge in [-0.15, -0.1) is 23.5 Å². The summed E-state index contributed by atoms with van der Waals surface area (Å²) >= 11 is 3.83. The fraction of sp³-hybridized carbons (Fsp3) is 0.273. The zero-order chi connectivity index (χ0) is 26.3. The molecule has 198 valence electrons. The van der Waals surface area contributed by atoms with Crippen LogP contribution in [0.1, 0.15) is 28.7 Å². The Hall–Kier alpha value is -2.54. The van der Waals surface area contributed by atoms with Gasteiger partial charge in [0.1, 0.15) is 6.10 Å². The van der Waals surface area contributed by atoms with Crippen LogP contribution in [-0.2, 0) is 34.2 Å². The van der Waals surface area contributed by atoms with Gasteiger partial charge in [0.2, 0.25) is 0 Å². The smallest absolute Gasteiger partial charge is 0.104 e. The molecule has 4 aromatic carbocycles. The lowest BCUT2D eigenvalue weighted by molar-refractivity contribution is -0.0819. The molecule has 0 aliphatic carbocycles. The largest absolute Gasteiger partial charge is 0.388 e. The van der Waals surface area contributed by atoms with Gasteiger partial charge in [-0.2, -0.15) is 0 Å². The molecule has 4 rings (SSSR count). The number of aliphatic hydroxyl groups excluding tert-OH is 1. The minimum atomic E-state index is -0.723. The summed E-state index contributed by atoms with van der Waals surface area (Å²) in [6.45, 7) is 1.16. The van der Waals surface area contributed by atoms with Crippen molar-refractivity contribution in [3.63, 3.8) is 0 Å². The third kappa shape index (κ3) is 10.3. The van der Waals surface area contributed by atoms with Crippen molar-refractivity contribution in [2.45, 2.75) is 47.9 Å². The molecular formula is C33H36O3S2. The molecule has 3 nitrogen and oxygen atoms in total. The van der Waals surface area contributed by atoms with Crippen molar-refractivity contribution in [3.05, 3.63) is 144 Å². The van der Waals surface area contributed by atoms with Gasteiger partial charge >= 0.3 is 0 Å². The second-order valence-electron chi connectivity index (χ2n) is 9.16. The first-order valence-corrected chi connectivity index (χ1v) is 15.1. The summed E-state index contributed by atoms with van der Waals surface area (Å²) in [5, 5.41) is 11.2. The molecule has 0 unspecified atom stereocenters. The maximum absolute atomic E-state index is 11.2. The third-order valence-electron chi connectivity index (χ3n) is 6.12. The minimum Gasteiger partial charge on any atom is -0.388 e. The van der Waals surface area contributed by atoms with Crippen LogP contribution in [0.5, 0.6) is 0 Å². The lowest BCUT2D eigenvalue weighted by Gasteiger charge is -2.27. The van der Waals surface area contributed by atoms with Crippen LogP contribution in [0.2, 0.25) is 0 Å². The second kappa shape index (κ2) is 16.4. The van der Waals surface area contributed by atoms with Crippen LogP contribution in [0, 0.1) is 0 Å². The van der Waals surface area contributed by atoms with Crippen LogP contribution >= 0.6 is 23.5 Å². The average molecular weight is 545 g/mol. The van der Waals surface area contributed by atoms with Crippen LogP contribution in [0.25, 0.3) is 0 Å². The van der Waals surface area contributed by atoms with Crippen molar-refractivity contribution >= 4 is 23.5 Å². The zero-order valence-electron chi connectivity index (χ0n) is 21.6. The normalized spacial score (nSPS) is 12.9. The Bertz CT molecular complexity index is 1100. The Labute approximate surface area is 235 Å². The Kier molecular flexibility index (Phi) is 12.3. The van der Waals surface area contributed by atoms with Gasteiger partial charge in [0.25, 0.3) is 0 Å². The van der Waals surface area contributed by atoms with Gasteiger partial charge in [-0.3, -0.25) is 0 Å². The number of aliphatic hydroxyl groups is 1. The number of rotatable bonds is 16. The predicted molar refractivity (Wildman–Crippen MR) is 161 cm³/mol. The molecule has 0 amide bonds. The van der Waals surface area contributed by atoms with Crippen LogP contribution in [0.4, 0.5) is 0 Å². The van der Waals surface area contributed by atoms with Gasteiger partial charge in [-0.1, -0.05) is 121 Å². The first-order valence-electron chi connectivity index (χ1n) is 13.0. The highest BCUT2D eigenvalue weighted by Gasteiger charge is 2.25. The van der Waals surface area contributed by atoms with E-state index < -0.39 is 6.10 Å². The summed E-state index contributed by atoms with van der Waals surface area (Å²) in [4.78, 5) is 0. The highest BCUT2D eigenvalue weighted by Crippen LogP contribution is 2.34. The quantitative estimate of drug-likeness (QED) is 0.146. The fourth-order valence-electron chi connectivity index (χ4n) is 3.99. The topological polar surface area (TPSA) is 38.7 Å². The highest BCUT2D eigenvalue weighted by atomic mass is 32.2. The maximum Gasteiger partial charge on any atom is 0.104 e. The summed E-state index contributed by atoms with van der Waals surface area (Å²) < 4.78 is 12.5. The summed E-state index contributed by atoms with van der Waals surface area (Å²) in [7, 11) is 0. The molecule has 0 aromatic heterocycles. The first-order chi connectivity index (χ1) is 18.8. The Balaban J connectivity index is 1.41. The lowest BCUT2D eigenvalue weighted by Crippen LogP contribution is -2.35. The summed E-state index contributed by atoms with van der Waals surface area (Å²) in [5.41, 5.74) is 4.80. The zero-order valence-corrected chi connectivity index (χ0v) is 23.2. The molecule has 0 aliphatic rings. The first kappa shape index (κ1) is 28.5. The minimum absolute atomic E-state index is 0.230. The molecule has 0 saturated heterocycles. The van der Waals surface area contributed by atoms with Crippen molar-refractivity contribution in [2.75, 3.05) is 6.61 Å². The highest BCUT2D eigenvalue weighted by molar-refractivity contribution is 8.16. The molecule has 0 heterocycles. The molecule has 0 bridgehead atoms. The van der Waals surface area contributed by atoms with E-state index in [4.69, 9.17) is 9.47 Å². The Morgan fingerprint density at radius 2 is 0.974 bits per heavy atom. The maximum atomic E-state index is 11.2. The number of hydrogen-bond donors (Lipinski definition) is 1. The van der Waals surface area contributed by atoms with E-state index in [1.165, 1.54) is 11.1 Å². The van der Waals surface area contributed by atoms with Crippen molar-refractivity contribution in [3.8, 4) is 0 Å². The molecule has 0 spiro atoms. The SMILES string of the molecule is O[C@@H](COCc1ccccc1)[C@@H](CC(SCc1ccccc1)SCc1ccccc1)OCc1ccccc1. The van der Waals surface area contributed by atoms with E-state index >= 15 is 0 Å². The molecule has 5 heteroatoms. The van der Waals surface area contributed by atoms with Crippen molar-refractivity contribution < 1.29 is 14.6 Å². The second-order valence-corrected chi connectivity index (χ2v) is 11.8. The van der Waals surface area contributed by atoms with Gasteiger partial charge in [-0.05, 0) is 28.7 Å². The van der Waals surface area contributed by atoms with Crippen molar-refractivity contribution in [1.82, 2.24) is 0 Å². The summed E-state index contributed by atoms with van der Waals surface area (Å²) in [6.07, 6.45) is -0.348. The summed E-state index contributed by atoms with van der Waals surface area (Å²) in [6, 6.07) is 41.3. The van der Waals surface area contributed by atoms with E-state index in [0.29, 0.717) is 13.2 Å². The molecule has 38 heavy (non-hydrogen) atoms. The molecule has 0 fully saturated rings. The van der Waals surface area contributed by atoms with E-state index in [1.54, 1.807) is 0 Å². The molecule has 0 aliphatic heterocycles. The summed E-state index contributed by atoms with van der Waals surface area (Å²) in [5.74, 6) is 1.83. The monoisotopic (exact) mass is 544 g/mol. The molecule has 0 saturated carbocycles. The predicted octanol–water partition coefficient (Wildman–Crippen LogP) is 7.73. The average Bonchev–Trinajstić information content (AvgIpc) is 2.98. The number of hydrogen-bond acceptors (Lipinski definition) is 5. The van der Waals surface area contributed by atoms with E-state index in [1.807, 2.05) is 72.1 Å². The van der Waals surface area contributed by atoms with E-state index in [9.17, 15) is 5.11 Å². The van der Waals surface area contributed by atoms with Gasteiger partial charge in [0.05, 0.1) is 30.5 Å². The van der Waals surface area contributed by atoms with Crippen LogP contribution in [0.3, 0.4) is 0 Å². The number of thioether (sulfide) groups is 2. The van der Waals surface area contributed by atoms with E-state index in [-0.39, 0.29) is 17.3 Å². The van der Waals surface area contributed by atoms with E-state index in [2.05, 4.69) is 72.8 Å². The number of ether oxygens (including phenoxy) is 2. The Morgan fingerprint density at radius 1 is 0.553 bits per heavy atom. The molecule has 4 aromatic rings. The van der Waals surface area contributed by atoms with Gasteiger partial charge < -0.3 is 14.6 Å². The van der Waals surface area contributed by atoms with Gasteiger partial charge in [0, 0.05) is 11.5 Å². The Morgan fingerprint density at radius 3 is 1.45 bits per heavy atom.